The molecule has 0 aromatic heterocycles. The van der Waals surface area contributed by atoms with Gasteiger partial charge >= 0.3 is 0 Å². The number of nitriles is 1. The Bertz CT molecular complexity index is 380. The van der Waals surface area contributed by atoms with Gasteiger partial charge in [-0.2, -0.15) is 5.26 Å². The maximum Gasteiger partial charge on any atom is 0.0991 e. The van der Waals surface area contributed by atoms with Crippen LogP contribution < -0.4 is 5.32 Å². The molecule has 1 aromatic carbocycles. The van der Waals surface area contributed by atoms with Crippen molar-refractivity contribution in [2.75, 3.05) is 0 Å². The molecule has 0 heterocycles. The van der Waals surface area contributed by atoms with Gasteiger partial charge in [-0.1, -0.05) is 12.1 Å². The summed E-state index contributed by atoms with van der Waals surface area (Å²) in [5.74, 6) is 0. The van der Waals surface area contributed by atoms with Crippen molar-refractivity contribution >= 4 is 0 Å². The van der Waals surface area contributed by atoms with Gasteiger partial charge in [0.2, 0.25) is 0 Å². The van der Waals surface area contributed by atoms with E-state index >= 15 is 0 Å². The number of aliphatic hydroxyl groups is 1. The molecule has 2 rings (SSSR count). The van der Waals surface area contributed by atoms with E-state index in [0.717, 1.165) is 31.4 Å². The number of nitrogens with zero attached hydrogens (tertiary/aromatic N) is 1. The molecular formula is C13H16N2O. The Morgan fingerprint density at radius 2 is 2.06 bits per heavy atom. The van der Waals surface area contributed by atoms with Crippen LogP contribution in [0.4, 0.5) is 0 Å². The lowest BCUT2D eigenvalue weighted by atomic mass is 10.1. The second kappa shape index (κ2) is 5.11. The Labute approximate surface area is 95.7 Å². The van der Waals surface area contributed by atoms with Crippen molar-refractivity contribution in [3.8, 4) is 6.07 Å². The van der Waals surface area contributed by atoms with Crippen LogP contribution in [0.25, 0.3) is 0 Å². The van der Waals surface area contributed by atoms with Gasteiger partial charge in [0.25, 0.3) is 0 Å². The van der Waals surface area contributed by atoms with Crippen molar-refractivity contribution in [2.24, 2.45) is 0 Å². The summed E-state index contributed by atoms with van der Waals surface area (Å²) in [6.45, 7) is 0.757. The Kier molecular flexibility index (Phi) is 3.55. The molecule has 0 spiro atoms. The highest BCUT2D eigenvalue weighted by atomic mass is 16.3. The molecule has 1 fully saturated rings. The Balaban J connectivity index is 1.87. The molecule has 1 aliphatic carbocycles. The number of rotatable bonds is 3. The molecule has 0 amide bonds. The maximum atomic E-state index is 9.64. The fourth-order valence-electron chi connectivity index (χ4n) is 2.12. The maximum absolute atomic E-state index is 9.64. The van der Waals surface area contributed by atoms with Crippen LogP contribution in [0.2, 0.25) is 0 Å². The van der Waals surface area contributed by atoms with E-state index in [1.54, 1.807) is 0 Å². The Morgan fingerprint density at radius 3 is 2.62 bits per heavy atom. The van der Waals surface area contributed by atoms with Gasteiger partial charge in [0.15, 0.2) is 0 Å². The van der Waals surface area contributed by atoms with E-state index in [1.165, 1.54) is 0 Å². The summed E-state index contributed by atoms with van der Waals surface area (Å²) in [7, 11) is 0. The Morgan fingerprint density at radius 1 is 1.31 bits per heavy atom. The minimum Gasteiger partial charge on any atom is -0.392 e. The molecule has 16 heavy (non-hydrogen) atoms. The monoisotopic (exact) mass is 216 g/mol. The van der Waals surface area contributed by atoms with Crippen LogP contribution in [0.5, 0.6) is 0 Å². The van der Waals surface area contributed by atoms with Gasteiger partial charge in [-0.05, 0) is 37.0 Å². The number of nitrogens with one attached hydrogen (secondary N) is 1. The smallest absolute Gasteiger partial charge is 0.0991 e. The first-order valence-electron chi connectivity index (χ1n) is 5.70. The van der Waals surface area contributed by atoms with Crippen molar-refractivity contribution in [1.29, 1.82) is 5.26 Å². The minimum absolute atomic E-state index is 0.196. The zero-order chi connectivity index (χ0) is 11.4. The van der Waals surface area contributed by atoms with Crippen molar-refractivity contribution in [3.63, 3.8) is 0 Å². The highest BCUT2D eigenvalue weighted by Gasteiger charge is 2.24. The molecule has 1 aromatic rings. The van der Waals surface area contributed by atoms with Crippen molar-refractivity contribution in [1.82, 2.24) is 5.32 Å². The predicted molar refractivity (Wildman–Crippen MR) is 61.6 cm³/mol. The molecule has 2 unspecified atom stereocenters. The number of aliphatic hydroxyl groups excluding tert-OH is 1. The molecule has 2 atom stereocenters. The van der Waals surface area contributed by atoms with Crippen LogP contribution in [0.3, 0.4) is 0 Å². The van der Waals surface area contributed by atoms with Crippen LogP contribution >= 0.6 is 0 Å². The third kappa shape index (κ3) is 2.60. The van der Waals surface area contributed by atoms with Crippen LogP contribution in [0.1, 0.15) is 30.4 Å². The van der Waals surface area contributed by atoms with Crippen molar-refractivity contribution < 1.29 is 5.11 Å². The summed E-state index contributed by atoms with van der Waals surface area (Å²) in [5, 5.41) is 21.7. The summed E-state index contributed by atoms with van der Waals surface area (Å²) in [6.07, 6.45) is 2.87. The van der Waals surface area contributed by atoms with E-state index in [-0.39, 0.29) is 12.1 Å². The first kappa shape index (κ1) is 11.1. The van der Waals surface area contributed by atoms with Gasteiger partial charge in [0.1, 0.15) is 0 Å². The molecule has 0 bridgehead atoms. The summed E-state index contributed by atoms with van der Waals surface area (Å²) >= 11 is 0. The van der Waals surface area contributed by atoms with E-state index in [1.807, 2.05) is 24.3 Å². The first-order chi connectivity index (χ1) is 7.79. The molecule has 2 N–H and O–H groups in total. The topological polar surface area (TPSA) is 56.0 Å². The molecule has 0 saturated heterocycles. The lowest BCUT2D eigenvalue weighted by molar-refractivity contribution is 0.148. The van der Waals surface area contributed by atoms with Gasteiger partial charge in [-0.25, -0.2) is 0 Å². The summed E-state index contributed by atoms with van der Waals surface area (Å²) in [4.78, 5) is 0. The summed E-state index contributed by atoms with van der Waals surface area (Å²) in [6, 6.07) is 9.88. The SMILES string of the molecule is N#Cc1ccc(CNC2CCCC2O)cc1. The zero-order valence-corrected chi connectivity index (χ0v) is 9.19. The van der Waals surface area contributed by atoms with Crippen LogP contribution in [0.15, 0.2) is 24.3 Å². The molecule has 1 saturated carbocycles. The molecular weight excluding hydrogens is 200 g/mol. The van der Waals surface area contributed by atoms with Crippen molar-refractivity contribution in [3.05, 3.63) is 35.4 Å². The highest BCUT2D eigenvalue weighted by Crippen LogP contribution is 2.19. The van der Waals surface area contributed by atoms with Gasteiger partial charge in [-0.3, -0.25) is 0 Å². The average molecular weight is 216 g/mol. The van der Waals surface area contributed by atoms with E-state index in [9.17, 15) is 5.11 Å². The molecule has 84 valence electrons. The summed E-state index contributed by atoms with van der Waals surface area (Å²) < 4.78 is 0. The van der Waals surface area contributed by atoms with Crippen LogP contribution in [-0.2, 0) is 6.54 Å². The third-order valence-electron chi connectivity index (χ3n) is 3.13. The lowest BCUT2D eigenvalue weighted by Crippen LogP contribution is -2.34. The van der Waals surface area contributed by atoms with Gasteiger partial charge < -0.3 is 10.4 Å². The minimum atomic E-state index is -0.196. The van der Waals surface area contributed by atoms with Crippen LogP contribution in [0, 0.1) is 11.3 Å². The summed E-state index contributed by atoms with van der Waals surface area (Å²) in [5.41, 5.74) is 1.84. The predicted octanol–water partition coefficient (Wildman–Crippen LogP) is 1.56. The second-order valence-electron chi connectivity index (χ2n) is 4.29. The second-order valence-corrected chi connectivity index (χ2v) is 4.29. The van der Waals surface area contributed by atoms with Gasteiger partial charge in [-0.15, -0.1) is 0 Å². The third-order valence-corrected chi connectivity index (χ3v) is 3.13. The molecule has 3 heteroatoms. The normalized spacial score (nSPS) is 24.2. The Hall–Kier alpha value is -1.37. The highest BCUT2D eigenvalue weighted by molar-refractivity contribution is 5.31. The number of benzene rings is 1. The molecule has 0 aliphatic heterocycles. The van der Waals surface area contributed by atoms with E-state index in [0.29, 0.717) is 5.56 Å². The quantitative estimate of drug-likeness (QED) is 0.806. The average Bonchev–Trinajstić information content (AvgIpc) is 2.73. The fraction of sp³-hybridized carbons (Fsp3) is 0.462. The standard InChI is InChI=1S/C13H16N2O/c14-8-10-4-6-11(7-5-10)9-15-12-2-1-3-13(12)16/h4-7,12-13,15-16H,1-3,9H2. The van der Waals surface area contributed by atoms with E-state index in [4.69, 9.17) is 5.26 Å². The van der Waals surface area contributed by atoms with Crippen molar-refractivity contribution in [2.45, 2.75) is 38.0 Å². The van der Waals surface area contributed by atoms with Gasteiger partial charge in [0.05, 0.1) is 17.7 Å². The number of hydrogen-bond acceptors (Lipinski definition) is 3. The zero-order valence-electron chi connectivity index (χ0n) is 9.19. The first-order valence-corrected chi connectivity index (χ1v) is 5.70. The van der Waals surface area contributed by atoms with Gasteiger partial charge in [0, 0.05) is 12.6 Å². The fourth-order valence-corrected chi connectivity index (χ4v) is 2.12. The van der Waals surface area contributed by atoms with E-state index in [2.05, 4.69) is 11.4 Å². The molecule has 3 nitrogen and oxygen atoms in total. The largest absolute Gasteiger partial charge is 0.392 e. The molecule has 0 radical (unpaired) electrons. The lowest BCUT2D eigenvalue weighted by Gasteiger charge is -2.16. The molecule has 1 aliphatic rings. The van der Waals surface area contributed by atoms with Crippen LogP contribution in [-0.4, -0.2) is 17.3 Å². The number of hydrogen-bond donors (Lipinski definition) is 2. The van der Waals surface area contributed by atoms with E-state index < -0.39 is 0 Å².